The summed E-state index contributed by atoms with van der Waals surface area (Å²) in [5.41, 5.74) is 0. The highest BCUT2D eigenvalue weighted by atomic mass is 16.2. The summed E-state index contributed by atoms with van der Waals surface area (Å²) in [5.74, 6) is 1.61. The van der Waals surface area contributed by atoms with Crippen LogP contribution in [-0.2, 0) is 4.79 Å². The van der Waals surface area contributed by atoms with Crippen molar-refractivity contribution in [2.45, 2.75) is 65.2 Å². The highest BCUT2D eigenvalue weighted by molar-refractivity contribution is 5.79. The number of carbonyl (C=O) groups is 1. The van der Waals surface area contributed by atoms with Crippen LogP contribution in [0, 0.1) is 11.8 Å². The molecule has 0 spiro atoms. The molecule has 1 aliphatic carbocycles. The van der Waals surface area contributed by atoms with Crippen LogP contribution in [0.15, 0.2) is 0 Å². The van der Waals surface area contributed by atoms with E-state index in [4.69, 9.17) is 0 Å². The molecule has 122 valence electrons. The molecule has 2 aliphatic rings. The largest absolute Gasteiger partial charge is 0.342 e. The topological polar surface area (TPSA) is 23.6 Å². The summed E-state index contributed by atoms with van der Waals surface area (Å²) >= 11 is 0. The zero-order valence-corrected chi connectivity index (χ0v) is 14.1. The van der Waals surface area contributed by atoms with Gasteiger partial charge >= 0.3 is 0 Å². The molecule has 1 aliphatic heterocycles. The van der Waals surface area contributed by atoms with Crippen molar-refractivity contribution >= 4 is 5.91 Å². The normalized spacial score (nSPS) is 22.0. The van der Waals surface area contributed by atoms with E-state index in [2.05, 4.69) is 23.6 Å². The molecule has 3 heteroatoms. The van der Waals surface area contributed by atoms with Gasteiger partial charge in [-0.05, 0) is 51.1 Å². The van der Waals surface area contributed by atoms with Crippen molar-refractivity contribution in [3.8, 4) is 0 Å². The summed E-state index contributed by atoms with van der Waals surface area (Å²) in [6.07, 6.45) is 9.78. The first kappa shape index (κ1) is 16.8. The lowest BCUT2D eigenvalue weighted by Crippen LogP contribution is -2.44. The Morgan fingerprint density at radius 1 is 1.05 bits per heavy atom. The van der Waals surface area contributed by atoms with E-state index in [1.807, 2.05) is 0 Å². The number of carbonyl (C=O) groups excluding carboxylic acids is 1. The first-order valence-electron chi connectivity index (χ1n) is 9.25. The lowest BCUT2D eigenvalue weighted by Gasteiger charge is -2.36. The Morgan fingerprint density at radius 3 is 2.29 bits per heavy atom. The van der Waals surface area contributed by atoms with Gasteiger partial charge in [0, 0.05) is 25.6 Å². The van der Waals surface area contributed by atoms with Gasteiger partial charge in [-0.15, -0.1) is 0 Å². The molecule has 1 amide bonds. The van der Waals surface area contributed by atoms with Crippen molar-refractivity contribution in [1.82, 2.24) is 9.80 Å². The molecule has 0 N–H and O–H groups in total. The van der Waals surface area contributed by atoms with Gasteiger partial charge in [0.2, 0.25) is 5.91 Å². The van der Waals surface area contributed by atoms with Crippen LogP contribution >= 0.6 is 0 Å². The Balaban J connectivity index is 1.73. The summed E-state index contributed by atoms with van der Waals surface area (Å²) in [6, 6.07) is 0. The molecule has 0 aromatic carbocycles. The van der Waals surface area contributed by atoms with Crippen LogP contribution in [0.5, 0.6) is 0 Å². The van der Waals surface area contributed by atoms with Crippen molar-refractivity contribution in [3.63, 3.8) is 0 Å². The fraction of sp³-hybridized carbons (Fsp3) is 0.944. The Labute approximate surface area is 131 Å². The monoisotopic (exact) mass is 294 g/mol. The van der Waals surface area contributed by atoms with Crippen LogP contribution in [0.4, 0.5) is 0 Å². The van der Waals surface area contributed by atoms with Crippen molar-refractivity contribution in [2.75, 3.05) is 32.7 Å². The molecule has 0 bridgehead atoms. The third-order valence-corrected chi connectivity index (χ3v) is 5.38. The first-order chi connectivity index (χ1) is 10.2. The van der Waals surface area contributed by atoms with Crippen molar-refractivity contribution in [2.24, 2.45) is 11.8 Å². The Morgan fingerprint density at radius 2 is 1.71 bits per heavy atom. The second kappa shape index (κ2) is 8.77. The van der Waals surface area contributed by atoms with Crippen molar-refractivity contribution in [1.29, 1.82) is 0 Å². The second-order valence-electron chi connectivity index (χ2n) is 7.00. The third-order valence-electron chi connectivity index (χ3n) is 5.38. The number of amides is 1. The van der Waals surface area contributed by atoms with Gasteiger partial charge in [-0.3, -0.25) is 4.79 Å². The third kappa shape index (κ3) is 4.98. The number of piperidine rings is 1. The number of rotatable bonds is 6. The van der Waals surface area contributed by atoms with Crippen molar-refractivity contribution in [3.05, 3.63) is 0 Å². The lowest BCUT2D eigenvalue weighted by atomic mass is 9.87. The van der Waals surface area contributed by atoms with Crippen LogP contribution in [0.2, 0.25) is 0 Å². The van der Waals surface area contributed by atoms with Crippen LogP contribution in [-0.4, -0.2) is 48.4 Å². The zero-order chi connectivity index (χ0) is 15.1. The van der Waals surface area contributed by atoms with Gasteiger partial charge in [0.05, 0.1) is 0 Å². The molecule has 0 atom stereocenters. The van der Waals surface area contributed by atoms with Gasteiger partial charge in [-0.2, -0.15) is 0 Å². The highest BCUT2D eigenvalue weighted by Gasteiger charge is 2.29. The van der Waals surface area contributed by atoms with Crippen LogP contribution < -0.4 is 0 Å². The predicted octanol–water partition coefficient (Wildman–Crippen LogP) is 3.54. The summed E-state index contributed by atoms with van der Waals surface area (Å²) < 4.78 is 0. The molecular weight excluding hydrogens is 260 g/mol. The van der Waals surface area contributed by atoms with Gasteiger partial charge in [-0.1, -0.05) is 33.1 Å². The number of nitrogens with zero attached hydrogens (tertiary/aromatic N) is 2. The van der Waals surface area contributed by atoms with Gasteiger partial charge in [-0.25, -0.2) is 0 Å². The molecule has 0 unspecified atom stereocenters. The molecule has 1 heterocycles. The summed E-state index contributed by atoms with van der Waals surface area (Å²) in [5, 5.41) is 0. The molecule has 21 heavy (non-hydrogen) atoms. The van der Waals surface area contributed by atoms with Gasteiger partial charge in [0.15, 0.2) is 0 Å². The minimum atomic E-state index is 0.350. The molecule has 2 rings (SSSR count). The molecular formula is C18H34N2O. The molecule has 0 aromatic heterocycles. The summed E-state index contributed by atoms with van der Waals surface area (Å²) in [6.45, 7) is 10.1. The Hall–Kier alpha value is -0.570. The van der Waals surface area contributed by atoms with Gasteiger partial charge in [0.25, 0.3) is 0 Å². The Bertz CT molecular complexity index is 304. The Kier molecular flexibility index (Phi) is 7.01. The summed E-state index contributed by atoms with van der Waals surface area (Å²) in [4.78, 5) is 17.3. The smallest absolute Gasteiger partial charge is 0.225 e. The number of likely N-dealkylation sites (tertiary alicyclic amines) is 1. The quantitative estimate of drug-likeness (QED) is 0.748. The highest BCUT2D eigenvalue weighted by Crippen LogP contribution is 2.27. The molecule has 1 saturated heterocycles. The fourth-order valence-corrected chi connectivity index (χ4v) is 4.00. The van der Waals surface area contributed by atoms with E-state index in [0.717, 1.165) is 38.4 Å². The fourth-order valence-electron chi connectivity index (χ4n) is 4.00. The van der Waals surface area contributed by atoms with E-state index in [1.165, 1.54) is 51.6 Å². The number of hydrogen-bond acceptors (Lipinski definition) is 2. The van der Waals surface area contributed by atoms with E-state index in [1.54, 1.807) is 0 Å². The molecule has 0 aromatic rings. The SMILES string of the molecule is CCCN(CC)CC1CCN(C(=O)C2CCCCC2)CC1. The van der Waals surface area contributed by atoms with E-state index in [0.29, 0.717) is 11.8 Å². The minimum Gasteiger partial charge on any atom is -0.342 e. The van der Waals surface area contributed by atoms with Gasteiger partial charge in [0.1, 0.15) is 0 Å². The molecule has 2 fully saturated rings. The van der Waals surface area contributed by atoms with E-state index in [9.17, 15) is 4.79 Å². The molecule has 0 radical (unpaired) electrons. The van der Waals surface area contributed by atoms with Crippen LogP contribution in [0.1, 0.15) is 65.2 Å². The first-order valence-corrected chi connectivity index (χ1v) is 9.25. The summed E-state index contributed by atoms with van der Waals surface area (Å²) in [7, 11) is 0. The second-order valence-corrected chi connectivity index (χ2v) is 7.00. The lowest BCUT2D eigenvalue weighted by molar-refractivity contribution is -0.138. The zero-order valence-electron chi connectivity index (χ0n) is 14.1. The van der Waals surface area contributed by atoms with Gasteiger partial charge < -0.3 is 9.80 Å². The van der Waals surface area contributed by atoms with E-state index in [-0.39, 0.29) is 0 Å². The van der Waals surface area contributed by atoms with Crippen molar-refractivity contribution < 1.29 is 4.79 Å². The average Bonchev–Trinajstić information content (AvgIpc) is 2.55. The molecule has 1 saturated carbocycles. The molecule has 3 nitrogen and oxygen atoms in total. The number of hydrogen-bond donors (Lipinski definition) is 0. The van der Waals surface area contributed by atoms with Crippen LogP contribution in [0.25, 0.3) is 0 Å². The maximum Gasteiger partial charge on any atom is 0.225 e. The standard InChI is InChI=1S/C18H34N2O/c1-3-12-19(4-2)15-16-10-13-20(14-11-16)18(21)17-8-6-5-7-9-17/h16-17H,3-15H2,1-2H3. The average molecular weight is 294 g/mol. The minimum absolute atomic E-state index is 0.350. The maximum absolute atomic E-state index is 12.6. The van der Waals surface area contributed by atoms with Crippen LogP contribution in [0.3, 0.4) is 0 Å². The maximum atomic E-state index is 12.6. The van der Waals surface area contributed by atoms with E-state index >= 15 is 0 Å². The van der Waals surface area contributed by atoms with E-state index < -0.39 is 0 Å². The predicted molar refractivity (Wildman–Crippen MR) is 88.3 cm³/mol.